The Morgan fingerprint density at radius 1 is 1.21 bits per heavy atom. The Hall–Kier alpha value is -0.900. The molecule has 0 aliphatic heterocycles. The second-order valence-electron chi connectivity index (χ2n) is 5.27. The third kappa shape index (κ3) is 4.03. The topological polar surface area (TPSA) is 44.5 Å². The Morgan fingerprint density at radius 3 is 2.89 bits per heavy atom. The van der Waals surface area contributed by atoms with E-state index in [-0.39, 0.29) is 6.04 Å². The molecule has 1 aliphatic rings. The van der Waals surface area contributed by atoms with E-state index in [9.17, 15) is 0 Å². The number of nitrogens with two attached hydrogens (primary N) is 1. The summed E-state index contributed by atoms with van der Waals surface area (Å²) >= 11 is 0. The maximum absolute atomic E-state index is 6.39. The lowest BCUT2D eigenvalue weighted by Gasteiger charge is -2.31. The van der Waals surface area contributed by atoms with Crippen LogP contribution in [0, 0.1) is 5.92 Å². The zero-order valence-corrected chi connectivity index (χ0v) is 11.8. The van der Waals surface area contributed by atoms with Crippen LogP contribution in [0.3, 0.4) is 0 Å². The summed E-state index contributed by atoms with van der Waals surface area (Å²) in [6, 6.07) is 8.79. The van der Waals surface area contributed by atoms with Crippen molar-refractivity contribution in [3.8, 4) is 0 Å². The second-order valence-corrected chi connectivity index (χ2v) is 5.27. The van der Waals surface area contributed by atoms with Crippen molar-refractivity contribution in [2.75, 3.05) is 26.9 Å². The third-order valence-electron chi connectivity index (χ3n) is 4.00. The average molecular weight is 263 g/mol. The maximum Gasteiger partial charge on any atom is 0.0700 e. The van der Waals surface area contributed by atoms with Crippen molar-refractivity contribution in [2.24, 2.45) is 11.7 Å². The minimum absolute atomic E-state index is 0.198. The fourth-order valence-corrected chi connectivity index (χ4v) is 2.88. The summed E-state index contributed by atoms with van der Waals surface area (Å²) in [5, 5.41) is 0. The normalized spacial score (nSPS) is 22.2. The Morgan fingerprint density at radius 2 is 2.05 bits per heavy atom. The molecule has 0 bridgehead atoms. The molecule has 1 aromatic carbocycles. The van der Waals surface area contributed by atoms with Gasteiger partial charge in [-0.05, 0) is 42.7 Å². The second kappa shape index (κ2) is 7.63. The van der Waals surface area contributed by atoms with Crippen molar-refractivity contribution < 1.29 is 9.47 Å². The summed E-state index contributed by atoms with van der Waals surface area (Å²) in [7, 11) is 1.70. The van der Waals surface area contributed by atoms with Crippen LogP contribution in [0.15, 0.2) is 24.3 Å². The Kier molecular flexibility index (Phi) is 5.83. The lowest BCUT2D eigenvalue weighted by Crippen LogP contribution is -2.27. The molecule has 0 heterocycles. The number of hydrogen-bond acceptors (Lipinski definition) is 3. The summed E-state index contributed by atoms with van der Waals surface area (Å²) < 4.78 is 10.5. The van der Waals surface area contributed by atoms with E-state index in [0.29, 0.717) is 19.1 Å². The molecular weight excluding hydrogens is 238 g/mol. The molecule has 3 heteroatoms. The first-order valence-electron chi connectivity index (χ1n) is 7.23. The lowest BCUT2D eigenvalue weighted by molar-refractivity contribution is 0.0664. The minimum Gasteiger partial charge on any atom is -0.382 e. The van der Waals surface area contributed by atoms with Gasteiger partial charge in [-0.3, -0.25) is 0 Å². The Bertz CT molecular complexity index is 381. The van der Waals surface area contributed by atoms with Crippen LogP contribution in [0.2, 0.25) is 0 Å². The number of methoxy groups -OCH3 is 1. The molecule has 0 fully saturated rings. The van der Waals surface area contributed by atoms with Gasteiger partial charge in [-0.25, -0.2) is 0 Å². The van der Waals surface area contributed by atoms with Gasteiger partial charge in [-0.2, -0.15) is 0 Å². The average Bonchev–Trinajstić information content (AvgIpc) is 2.45. The van der Waals surface area contributed by atoms with Gasteiger partial charge >= 0.3 is 0 Å². The van der Waals surface area contributed by atoms with Gasteiger partial charge in [0.15, 0.2) is 0 Å². The molecule has 0 radical (unpaired) electrons. The van der Waals surface area contributed by atoms with E-state index in [1.165, 1.54) is 24.0 Å². The molecule has 0 aromatic heterocycles. The summed E-state index contributed by atoms with van der Waals surface area (Å²) in [6.07, 6.45) is 4.61. The third-order valence-corrected chi connectivity index (χ3v) is 4.00. The molecule has 2 rings (SSSR count). The highest BCUT2D eigenvalue weighted by Crippen LogP contribution is 2.35. The highest BCUT2D eigenvalue weighted by molar-refractivity contribution is 5.32. The first-order chi connectivity index (χ1) is 9.33. The number of ether oxygens (including phenoxy) is 2. The van der Waals surface area contributed by atoms with Gasteiger partial charge in [0.05, 0.1) is 13.2 Å². The van der Waals surface area contributed by atoms with Crippen molar-refractivity contribution in [3.63, 3.8) is 0 Å². The first kappa shape index (κ1) is 14.5. The van der Waals surface area contributed by atoms with E-state index in [1.54, 1.807) is 7.11 Å². The SMILES string of the molecule is COCCOCCCC1CCc2ccccc2C1N. The molecule has 0 saturated heterocycles. The number of benzene rings is 1. The standard InChI is InChI=1S/C16H25NO2/c1-18-11-12-19-10-4-6-14-9-8-13-5-2-3-7-15(13)16(14)17/h2-3,5,7,14,16H,4,6,8-12,17H2,1H3. The van der Waals surface area contributed by atoms with E-state index < -0.39 is 0 Å². The smallest absolute Gasteiger partial charge is 0.0700 e. The van der Waals surface area contributed by atoms with Crippen LogP contribution in [0.5, 0.6) is 0 Å². The van der Waals surface area contributed by atoms with Crippen molar-refractivity contribution in [3.05, 3.63) is 35.4 Å². The lowest BCUT2D eigenvalue weighted by atomic mass is 9.78. The highest BCUT2D eigenvalue weighted by atomic mass is 16.5. The number of rotatable bonds is 7. The molecule has 0 spiro atoms. The van der Waals surface area contributed by atoms with Gasteiger partial charge < -0.3 is 15.2 Å². The molecule has 0 saturated carbocycles. The number of fused-ring (bicyclic) bond motifs is 1. The fourth-order valence-electron chi connectivity index (χ4n) is 2.88. The largest absolute Gasteiger partial charge is 0.382 e. The van der Waals surface area contributed by atoms with Crippen molar-refractivity contribution in [1.29, 1.82) is 0 Å². The zero-order chi connectivity index (χ0) is 13.5. The predicted octanol–water partition coefficient (Wildman–Crippen LogP) is 2.69. The summed E-state index contributed by atoms with van der Waals surface area (Å²) in [6.45, 7) is 2.18. The van der Waals surface area contributed by atoms with Crippen LogP contribution in [0.1, 0.15) is 36.4 Å². The summed E-state index contributed by atoms with van der Waals surface area (Å²) in [4.78, 5) is 0. The van der Waals surface area contributed by atoms with Crippen molar-refractivity contribution in [1.82, 2.24) is 0 Å². The van der Waals surface area contributed by atoms with Crippen LogP contribution in [0.25, 0.3) is 0 Å². The molecule has 2 atom stereocenters. The van der Waals surface area contributed by atoms with Gasteiger partial charge in [0.1, 0.15) is 0 Å². The molecule has 1 aromatic rings. The zero-order valence-electron chi connectivity index (χ0n) is 11.8. The molecule has 2 unspecified atom stereocenters. The Labute approximate surface area is 116 Å². The monoisotopic (exact) mass is 263 g/mol. The molecule has 106 valence electrons. The van der Waals surface area contributed by atoms with E-state index in [1.807, 2.05) is 0 Å². The Balaban J connectivity index is 1.74. The van der Waals surface area contributed by atoms with Crippen LogP contribution in [0.4, 0.5) is 0 Å². The van der Waals surface area contributed by atoms with E-state index in [0.717, 1.165) is 19.4 Å². The van der Waals surface area contributed by atoms with E-state index in [2.05, 4.69) is 24.3 Å². The minimum atomic E-state index is 0.198. The molecule has 0 amide bonds. The maximum atomic E-state index is 6.39. The van der Waals surface area contributed by atoms with Crippen LogP contribution < -0.4 is 5.73 Å². The number of aryl methyl sites for hydroxylation is 1. The van der Waals surface area contributed by atoms with Crippen molar-refractivity contribution in [2.45, 2.75) is 31.7 Å². The van der Waals surface area contributed by atoms with Gasteiger partial charge in [-0.1, -0.05) is 24.3 Å². The van der Waals surface area contributed by atoms with E-state index in [4.69, 9.17) is 15.2 Å². The molecule has 1 aliphatic carbocycles. The molecule has 2 N–H and O–H groups in total. The number of hydrogen-bond donors (Lipinski definition) is 1. The van der Waals surface area contributed by atoms with Crippen molar-refractivity contribution >= 4 is 0 Å². The van der Waals surface area contributed by atoms with Gasteiger partial charge in [-0.15, -0.1) is 0 Å². The van der Waals surface area contributed by atoms with Gasteiger partial charge in [0, 0.05) is 19.8 Å². The van der Waals surface area contributed by atoms with Crippen LogP contribution >= 0.6 is 0 Å². The van der Waals surface area contributed by atoms with Gasteiger partial charge in [0.2, 0.25) is 0 Å². The molecule has 3 nitrogen and oxygen atoms in total. The molecular formula is C16H25NO2. The van der Waals surface area contributed by atoms with E-state index >= 15 is 0 Å². The summed E-state index contributed by atoms with van der Waals surface area (Å²) in [5.74, 6) is 0.598. The summed E-state index contributed by atoms with van der Waals surface area (Å²) in [5.41, 5.74) is 9.17. The fraction of sp³-hybridized carbons (Fsp3) is 0.625. The van der Waals surface area contributed by atoms with Crippen LogP contribution in [-0.2, 0) is 15.9 Å². The van der Waals surface area contributed by atoms with Gasteiger partial charge in [0.25, 0.3) is 0 Å². The van der Waals surface area contributed by atoms with Crippen LogP contribution in [-0.4, -0.2) is 26.9 Å². The highest BCUT2D eigenvalue weighted by Gasteiger charge is 2.25. The quantitative estimate of drug-likeness (QED) is 0.769. The first-order valence-corrected chi connectivity index (χ1v) is 7.23. The predicted molar refractivity (Wildman–Crippen MR) is 77.1 cm³/mol. The molecule has 19 heavy (non-hydrogen) atoms.